The van der Waals surface area contributed by atoms with Crippen molar-refractivity contribution in [3.8, 4) is 0 Å². The molecule has 3 heteroatoms. The van der Waals surface area contributed by atoms with Gasteiger partial charge in [-0.1, -0.05) is 18.2 Å². The SMILES string of the molecule is Cc1ccccc1C(=O)N(C)C(C)N(C)C. The number of nitrogens with zero attached hydrogens (tertiary/aromatic N) is 2. The maximum Gasteiger partial charge on any atom is 0.255 e. The van der Waals surface area contributed by atoms with E-state index < -0.39 is 0 Å². The van der Waals surface area contributed by atoms with Gasteiger partial charge in [0.15, 0.2) is 0 Å². The molecule has 0 aliphatic rings. The third kappa shape index (κ3) is 2.61. The van der Waals surface area contributed by atoms with Crippen LogP contribution < -0.4 is 0 Å². The fourth-order valence-electron chi connectivity index (χ4n) is 1.52. The van der Waals surface area contributed by atoms with Gasteiger partial charge in [-0.15, -0.1) is 0 Å². The number of aryl methyl sites for hydroxylation is 1. The minimum Gasteiger partial charge on any atom is -0.326 e. The molecule has 1 rings (SSSR count). The fraction of sp³-hybridized carbons (Fsp3) is 0.462. The molecule has 3 nitrogen and oxygen atoms in total. The summed E-state index contributed by atoms with van der Waals surface area (Å²) in [6, 6.07) is 7.67. The Bertz CT molecular complexity index is 374. The van der Waals surface area contributed by atoms with Gasteiger partial charge in [0.1, 0.15) is 0 Å². The molecule has 1 atom stereocenters. The van der Waals surface area contributed by atoms with Gasteiger partial charge >= 0.3 is 0 Å². The molecule has 0 aromatic heterocycles. The molecule has 0 aliphatic heterocycles. The Hall–Kier alpha value is -1.35. The minimum atomic E-state index is 0.0688. The number of hydrogen-bond donors (Lipinski definition) is 0. The van der Waals surface area contributed by atoms with Crippen LogP contribution in [0.5, 0.6) is 0 Å². The van der Waals surface area contributed by atoms with E-state index in [9.17, 15) is 4.79 Å². The Morgan fingerprint density at radius 2 is 1.75 bits per heavy atom. The summed E-state index contributed by atoms with van der Waals surface area (Å²) in [7, 11) is 5.76. The molecule has 0 N–H and O–H groups in total. The highest BCUT2D eigenvalue weighted by Crippen LogP contribution is 2.12. The second kappa shape index (κ2) is 5.12. The second-order valence-electron chi connectivity index (χ2n) is 4.33. The lowest BCUT2D eigenvalue weighted by molar-refractivity contribution is 0.0585. The third-order valence-electron chi connectivity index (χ3n) is 3.00. The molecule has 0 fully saturated rings. The average Bonchev–Trinajstić information content (AvgIpc) is 2.26. The van der Waals surface area contributed by atoms with Crippen LogP contribution in [-0.4, -0.2) is 43.0 Å². The van der Waals surface area contributed by atoms with Gasteiger partial charge in [-0.25, -0.2) is 0 Å². The molecular weight excluding hydrogens is 200 g/mol. The van der Waals surface area contributed by atoms with E-state index in [0.29, 0.717) is 0 Å². The summed E-state index contributed by atoms with van der Waals surface area (Å²) in [6.07, 6.45) is 0.0899. The van der Waals surface area contributed by atoms with Crippen LogP contribution in [0.1, 0.15) is 22.8 Å². The summed E-state index contributed by atoms with van der Waals surface area (Å²) in [5, 5.41) is 0. The smallest absolute Gasteiger partial charge is 0.255 e. The predicted octanol–water partition coefficient (Wildman–Crippen LogP) is 1.97. The van der Waals surface area contributed by atoms with E-state index in [1.54, 1.807) is 4.90 Å². The number of hydrogen-bond acceptors (Lipinski definition) is 2. The van der Waals surface area contributed by atoms with E-state index in [4.69, 9.17) is 0 Å². The lowest BCUT2D eigenvalue weighted by Gasteiger charge is -2.30. The number of carbonyl (C=O) groups is 1. The first-order valence-corrected chi connectivity index (χ1v) is 5.44. The molecule has 0 heterocycles. The fourth-order valence-corrected chi connectivity index (χ4v) is 1.52. The summed E-state index contributed by atoms with van der Waals surface area (Å²) in [5.41, 5.74) is 1.80. The lowest BCUT2D eigenvalue weighted by atomic mass is 10.1. The highest BCUT2D eigenvalue weighted by molar-refractivity contribution is 5.95. The number of carbonyl (C=O) groups excluding carboxylic acids is 1. The van der Waals surface area contributed by atoms with Crippen molar-refractivity contribution in [1.82, 2.24) is 9.80 Å². The van der Waals surface area contributed by atoms with Crippen LogP contribution in [0.3, 0.4) is 0 Å². The molecule has 0 aliphatic carbocycles. The van der Waals surface area contributed by atoms with Gasteiger partial charge < -0.3 is 4.90 Å². The molecule has 0 spiro atoms. The van der Waals surface area contributed by atoms with Crippen molar-refractivity contribution in [2.75, 3.05) is 21.1 Å². The monoisotopic (exact) mass is 220 g/mol. The van der Waals surface area contributed by atoms with Crippen LogP contribution in [-0.2, 0) is 0 Å². The molecule has 1 aromatic rings. The van der Waals surface area contributed by atoms with Gasteiger partial charge in [-0.2, -0.15) is 0 Å². The summed E-state index contributed by atoms with van der Waals surface area (Å²) < 4.78 is 0. The predicted molar refractivity (Wildman–Crippen MR) is 66.4 cm³/mol. The zero-order valence-corrected chi connectivity index (χ0v) is 10.7. The third-order valence-corrected chi connectivity index (χ3v) is 3.00. The molecule has 1 aromatic carbocycles. The molecule has 0 bridgehead atoms. The maximum atomic E-state index is 12.2. The number of benzene rings is 1. The summed E-state index contributed by atoms with van der Waals surface area (Å²) in [4.78, 5) is 16.0. The Kier molecular flexibility index (Phi) is 4.07. The maximum absolute atomic E-state index is 12.2. The first kappa shape index (κ1) is 12.7. The van der Waals surface area contributed by atoms with Crippen molar-refractivity contribution in [3.05, 3.63) is 35.4 Å². The zero-order chi connectivity index (χ0) is 12.3. The molecule has 0 saturated carbocycles. The molecule has 1 amide bonds. The standard InChI is InChI=1S/C13H20N2O/c1-10-8-6-7-9-12(10)13(16)15(5)11(2)14(3)4/h6-9,11H,1-5H3. The van der Waals surface area contributed by atoms with Crippen molar-refractivity contribution in [3.63, 3.8) is 0 Å². The van der Waals surface area contributed by atoms with Crippen molar-refractivity contribution >= 4 is 5.91 Å². The molecule has 16 heavy (non-hydrogen) atoms. The zero-order valence-electron chi connectivity index (χ0n) is 10.7. The van der Waals surface area contributed by atoms with E-state index in [1.165, 1.54) is 0 Å². The first-order valence-electron chi connectivity index (χ1n) is 5.44. The normalized spacial score (nSPS) is 12.6. The first-order chi connectivity index (χ1) is 7.45. The lowest BCUT2D eigenvalue weighted by Crippen LogP contribution is -2.43. The van der Waals surface area contributed by atoms with Gasteiger partial charge in [0.2, 0.25) is 0 Å². The van der Waals surface area contributed by atoms with Gasteiger partial charge in [-0.3, -0.25) is 9.69 Å². The van der Waals surface area contributed by atoms with Crippen LogP contribution in [0.2, 0.25) is 0 Å². The van der Waals surface area contributed by atoms with Crippen molar-refractivity contribution in [2.24, 2.45) is 0 Å². The van der Waals surface area contributed by atoms with Crippen LogP contribution in [0.25, 0.3) is 0 Å². The highest BCUT2D eigenvalue weighted by Gasteiger charge is 2.19. The quantitative estimate of drug-likeness (QED) is 0.727. The Labute approximate surface area is 97.7 Å². The van der Waals surface area contributed by atoms with Crippen LogP contribution in [0, 0.1) is 6.92 Å². The summed E-state index contributed by atoms with van der Waals surface area (Å²) in [6.45, 7) is 3.97. The van der Waals surface area contributed by atoms with Crippen molar-refractivity contribution in [1.29, 1.82) is 0 Å². The molecule has 88 valence electrons. The largest absolute Gasteiger partial charge is 0.326 e. The van der Waals surface area contributed by atoms with E-state index in [-0.39, 0.29) is 12.1 Å². The topological polar surface area (TPSA) is 23.6 Å². The van der Waals surface area contributed by atoms with Crippen LogP contribution in [0.15, 0.2) is 24.3 Å². The summed E-state index contributed by atoms with van der Waals surface area (Å²) in [5.74, 6) is 0.0688. The van der Waals surface area contributed by atoms with Crippen molar-refractivity contribution < 1.29 is 4.79 Å². The second-order valence-corrected chi connectivity index (χ2v) is 4.33. The number of amides is 1. The van der Waals surface area contributed by atoms with Crippen LogP contribution >= 0.6 is 0 Å². The Balaban J connectivity index is 2.91. The molecule has 0 radical (unpaired) electrons. The van der Waals surface area contributed by atoms with E-state index in [1.807, 2.05) is 64.2 Å². The average molecular weight is 220 g/mol. The van der Waals surface area contributed by atoms with Gasteiger partial charge in [-0.05, 0) is 39.6 Å². The van der Waals surface area contributed by atoms with Gasteiger partial charge in [0, 0.05) is 12.6 Å². The summed E-state index contributed by atoms with van der Waals surface area (Å²) >= 11 is 0. The number of rotatable bonds is 3. The van der Waals surface area contributed by atoms with Crippen LogP contribution in [0.4, 0.5) is 0 Å². The molecular formula is C13H20N2O. The van der Waals surface area contributed by atoms with E-state index >= 15 is 0 Å². The Morgan fingerprint density at radius 3 is 2.25 bits per heavy atom. The van der Waals surface area contributed by atoms with Crippen molar-refractivity contribution in [2.45, 2.75) is 20.0 Å². The molecule has 0 saturated heterocycles. The van der Waals surface area contributed by atoms with Gasteiger partial charge in [0.05, 0.1) is 6.17 Å². The van der Waals surface area contributed by atoms with E-state index in [2.05, 4.69) is 0 Å². The Morgan fingerprint density at radius 1 is 1.19 bits per heavy atom. The minimum absolute atomic E-state index is 0.0688. The highest BCUT2D eigenvalue weighted by atomic mass is 16.2. The van der Waals surface area contributed by atoms with E-state index in [0.717, 1.165) is 11.1 Å². The molecule has 1 unspecified atom stereocenters. The van der Waals surface area contributed by atoms with Gasteiger partial charge in [0.25, 0.3) is 5.91 Å².